The number of nitrogens with one attached hydrogen (secondary N) is 1. The van der Waals surface area contributed by atoms with Crippen molar-refractivity contribution in [2.24, 2.45) is 16.5 Å². The van der Waals surface area contributed by atoms with Crippen LogP contribution in [0.5, 0.6) is 5.75 Å². The first-order valence-electron chi connectivity index (χ1n) is 11.4. The number of aliphatic carboxylic acids is 1. The lowest BCUT2D eigenvalue weighted by Gasteiger charge is -2.31. The summed E-state index contributed by atoms with van der Waals surface area (Å²) in [6, 6.07) is 18.1. The van der Waals surface area contributed by atoms with Gasteiger partial charge in [-0.15, -0.1) is 0 Å². The summed E-state index contributed by atoms with van der Waals surface area (Å²) < 4.78 is 0. The van der Waals surface area contributed by atoms with Gasteiger partial charge in [0.2, 0.25) is 5.91 Å². The average molecular weight is 492 g/mol. The Bertz CT molecular complexity index is 1250. The number of guanidine groups is 1. The highest BCUT2D eigenvalue weighted by Gasteiger charge is 2.31. The number of aromatic hydroxyl groups is 1. The van der Waals surface area contributed by atoms with Gasteiger partial charge in [-0.2, -0.15) is 0 Å². The predicted molar refractivity (Wildman–Crippen MR) is 136 cm³/mol. The molecule has 188 valence electrons. The third kappa shape index (κ3) is 6.95. The maximum Gasteiger partial charge on any atom is 0.322 e. The molecule has 0 saturated carbocycles. The van der Waals surface area contributed by atoms with Gasteiger partial charge in [0, 0.05) is 18.7 Å². The molecule has 0 aliphatic rings. The van der Waals surface area contributed by atoms with Crippen LogP contribution in [-0.4, -0.2) is 58.0 Å². The number of phenols is 1. The molecule has 3 rings (SSSR count). The Morgan fingerprint density at radius 3 is 2.36 bits per heavy atom. The highest BCUT2D eigenvalue weighted by atomic mass is 16.4. The summed E-state index contributed by atoms with van der Waals surface area (Å²) >= 11 is 0. The molecule has 0 unspecified atom stereocenters. The molecular weight excluding hydrogens is 462 g/mol. The van der Waals surface area contributed by atoms with Crippen molar-refractivity contribution in [1.29, 1.82) is 0 Å². The molecule has 0 aliphatic heterocycles. The number of phenolic OH excluding ortho intramolecular Hbond substituents is 1. The summed E-state index contributed by atoms with van der Waals surface area (Å²) in [5.74, 6) is -2.21. The Morgan fingerprint density at radius 2 is 1.67 bits per heavy atom. The van der Waals surface area contributed by atoms with Crippen molar-refractivity contribution < 1.29 is 24.6 Å². The molecule has 0 heterocycles. The smallest absolute Gasteiger partial charge is 0.322 e. The van der Waals surface area contributed by atoms with E-state index in [2.05, 4.69) is 10.3 Å². The minimum absolute atomic E-state index is 0.0514. The van der Waals surface area contributed by atoms with Crippen LogP contribution in [0, 0.1) is 0 Å². The maximum absolute atomic E-state index is 14.0. The molecule has 36 heavy (non-hydrogen) atoms. The van der Waals surface area contributed by atoms with Gasteiger partial charge in [0.1, 0.15) is 18.3 Å². The number of carbonyl (C=O) groups excluding carboxylic acids is 2. The fourth-order valence-electron chi connectivity index (χ4n) is 3.89. The fourth-order valence-corrected chi connectivity index (χ4v) is 3.89. The third-order valence-corrected chi connectivity index (χ3v) is 5.59. The third-order valence-electron chi connectivity index (χ3n) is 5.59. The zero-order valence-corrected chi connectivity index (χ0v) is 19.6. The first-order valence-corrected chi connectivity index (χ1v) is 11.4. The van der Waals surface area contributed by atoms with Crippen LogP contribution in [-0.2, 0) is 16.1 Å². The predicted octanol–water partition coefficient (Wildman–Crippen LogP) is 1.81. The Balaban J connectivity index is 2.02. The number of carbonyl (C=O) groups is 3. The van der Waals surface area contributed by atoms with Gasteiger partial charge < -0.3 is 31.9 Å². The van der Waals surface area contributed by atoms with E-state index in [0.717, 1.165) is 10.8 Å². The number of carboxylic acid groups (broad SMARTS) is 1. The molecule has 0 saturated heterocycles. The van der Waals surface area contributed by atoms with Gasteiger partial charge in [-0.05, 0) is 47.4 Å². The van der Waals surface area contributed by atoms with Crippen molar-refractivity contribution in [3.8, 4) is 5.75 Å². The first-order chi connectivity index (χ1) is 17.3. The summed E-state index contributed by atoms with van der Waals surface area (Å²) in [6.07, 6.45) is 0.564. The van der Waals surface area contributed by atoms with Crippen LogP contribution in [0.15, 0.2) is 71.7 Å². The molecule has 3 aromatic carbocycles. The Morgan fingerprint density at radius 1 is 0.972 bits per heavy atom. The van der Waals surface area contributed by atoms with E-state index in [1.54, 1.807) is 24.3 Å². The first kappa shape index (κ1) is 26.0. The van der Waals surface area contributed by atoms with E-state index in [-0.39, 0.29) is 31.2 Å². The van der Waals surface area contributed by atoms with Crippen molar-refractivity contribution in [3.63, 3.8) is 0 Å². The molecule has 0 spiro atoms. The van der Waals surface area contributed by atoms with E-state index in [9.17, 15) is 19.5 Å². The number of carboxylic acids is 1. The van der Waals surface area contributed by atoms with Crippen molar-refractivity contribution >= 4 is 34.5 Å². The number of benzene rings is 3. The average Bonchev–Trinajstić information content (AvgIpc) is 2.86. The van der Waals surface area contributed by atoms with E-state index in [0.29, 0.717) is 17.5 Å². The van der Waals surface area contributed by atoms with Crippen LogP contribution < -0.4 is 16.8 Å². The molecule has 10 heteroatoms. The number of nitrogens with two attached hydrogens (primary N) is 2. The van der Waals surface area contributed by atoms with Crippen LogP contribution in [0.1, 0.15) is 28.8 Å². The second-order valence-corrected chi connectivity index (χ2v) is 8.20. The molecule has 2 amide bonds. The molecule has 3 aromatic rings. The molecule has 0 aromatic heterocycles. The second kappa shape index (κ2) is 12.2. The molecule has 0 radical (unpaired) electrons. The van der Waals surface area contributed by atoms with Gasteiger partial charge in [0.15, 0.2) is 5.96 Å². The lowest BCUT2D eigenvalue weighted by atomic mass is 10.0. The van der Waals surface area contributed by atoms with Crippen LogP contribution in [0.2, 0.25) is 0 Å². The normalized spacial score (nSPS) is 11.4. The fraction of sp³-hybridized carbons (Fsp3) is 0.231. The van der Waals surface area contributed by atoms with Gasteiger partial charge >= 0.3 is 5.97 Å². The molecular formula is C26H29N5O5. The summed E-state index contributed by atoms with van der Waals surface area (Å²) in [5, 5.41) is 22.7. The number of nitrogens with zero attached hydrogens (tertiary/aromatic N) is 2. The Labute approximate surface area is 208 Å². The zero-order chi connectivity index (χ0) is 26.1. The zero-order valence-electron chi connectivity index (χ0n) is 19.6. The number of hydrogen-bond donors (Lipinski definition) is 5. The maximum atomic E-state index is 14.0. The molecule has 7 N–H and O–H groups in total. The number of hydrogen-bond acceptors (Lipinski definition) is 5. The Hall–Kier alpha value is -4.60. The van der Waals surface area contributed by atoms with Crippen LogP contribution in [0.3, 0.4) is 0 Å². The number of rotatable bonds is 11. The van der Waals surface area contributed by atoms with E-state index in [4.69, 9.17) is 16.6 Å². The monoisotopic (exact) mass is 491 g/mol. The van der Waals surface area contributed by atoms with E-state index in [1.165, 1.54) is 17.0 Å². The summed E-state index contributed by atoms with van der Waals surface area (Å²) in [6.45, 7) is -0.297. The van der Waals surface area contributed by atoms with Crippen molar-refractivity contribution in [2.45, 2.75) is 25.4 Å². The Kier molecular flexibility index (Phi) is 8.82. The molecule has 0 aliphatic carbocycles. The van der Waals surface area contributed by atoms with Gasteiger partial charge in [0.05, 0.1) is 0 Å². The van der Waals surface area contributed by atoms with Gasteiger partial charge in [-0.3, -0.25) is 19.4 Å². The second-order valence-electron chi connectivity index (χ2n) is 8.20. The highest BCUT2D eigenvalue weighted by Crippen LogP contribution is 2.24. The topological polar surface area (TPSA) is 171 Å². The van der Waals surface area contributed by atoms with E-state index >= 15 is 0 Å². The standard InChI is InChI=1S/C26H29N5O5/c27-26(28)29-14-4-9-22(24(35)30-15-23(33)34)31(16-17-10-12-19(32)13-11-17)25(36)21-8-3-6-18-5-1-2-7-20(18)21/h1-3,5-8,10-13,22,32H,4,9,14-16H2,(H,30,35)(H,33,34)(H4,27,28,29)/t22-/m1/s1. The minimum Gasteiger partial charge on any atom is -0.508 e. The molecule has 0 bridgehead atoms. The van der Waals surface area contributed by atoms with Crippen molar-refractivity contribution in [1.82, 2.24) is 10.2 Å². The summed E-state index contributed by atoms with van der Waals surface area (Å²) in [5.41, 5.74) is 11.9. The molecule has 1 atom stereocenters. The number of amides is 2. The van der Waals surface area contributed by atoms with Crippen molar-refractivity contribution in [3.05, 3.63) is 77.9 Å². The van der Waals surface area contributed by atoms with E-state index < -0.39 is 30.4 Å². The summed E-state index contributed by atoms with van der Waals surface area (Å²) in [4.78, 5) is 43.6. The lowest BCUT2D eigenvalue weighted by molar-refractivity contribution is -0.138. The minimum atomic E-state index is -1.20. The van der Waals surface area contributed by atoms with Crippen LogP contribution in [0.4, 0.5) is 0 Å². The number of aliphatic imine (C=N–C) groups is 1. The highest BCUT2D eigenvalue weighted by molar-refractivity contribution is 6.08. The SMILES string of the molecule is NC(N)=NCCC[C@H](C(=O)NCC(=O)O)N(Cc1ccc(O)cc1)C(=O)c1cccc2ccccc12. The quantitative estimate of drug-likeness (QED) is 0.155. The van der Waals surface area contributed by atoms with Gasteiger partial charge in [-0.25, -0.2) is 0 Å². The van der Waals surface area contributed by atoms with Crippen molar-refractivity contribution in [2.75, 3.05) is 13.1 Å². The lowest BCUT2D eigenvalue weighted by Crippen LogP contribution is -2.50. The van der Waals surface area contributed by atoms with Crippen LogP contribution in [0.25, 0.3) is 10.8 Å². The number of fused-ring (bicyclic) bond motifs is 1. The van der Waals surface area contributed by atoms with Crippen LogP contribution >= 0.6 is 0 Å². The molecule has 10 nitrogen and oxygen atoms in total. The van der Waals surface area contributed by atoms with Gasteiger partial charge in [0.25, 0.3) is 5.91 Å². The van der Waals surface area contributed by atoms with Gasteiger partial charge in [-0.1, -0.05) is 48.5 Å². The largest absolute Gasteiger partial charge is 0.508 e. The molecule has 0 fully saturated rings. The van der Waals surface area contributed by atoms with E-state index in [1.807, 2.05) is 30.3 Å². The summed E-state index contributed by atoms with van der Waals surface area (Å²) in [7, 11) is 0.